The lowest BCUT2D eigenvalue weighted by Crippen LogP contribution is -2.38. The van der Waals surface area contributed by atoms with E-state index in [9.17, 15) is 27.2 Å². The molecule has 4 nitrogen and oxygen atoms in total. The van der Waals surface area contributed by atoms with Crippen molar-refractivity contribution in [3.8, 4) is 0 Å². The highest BCUT2D eigenvalue weighted by molar-refractivity contribution is 5.96. The number of carbonyl (C=O) groups is 2. The number of carbonyl (C=O) groups excluding carboxylic acids is 2. The van der Waals surface area contributed by atoms with Gasteiger partial charge in [-0.05, 0) is 61.3 Å². The van der Waals surface area contributed by atoms with Gasteiger partial charge >= 0.3 is 0 Å². The predicted octanol–water partition coefficient (Wildman–Crippen LogP) is 5.31. The molecule has 1 unspecified atom stereocenters. The molecule has 2 aliphatic heterocycles. The Morgan fingerprint density at radius 1 is 0.818 bits per heavy atom. The number of aryl methyl sites for hydroxylation is 2. The number of halogens is 4. The average Bonchev–Trinajstić information content (AvgIpc) is 2.76. The van der Waals surface area contributed by atoms with Crippen molar-refractivity contribution in [1.82, 2.24) is 0 Å². The van der Waals surface area contributed by atoms with E-state index in [0.717, 1.165) is 12.1 Å². The smallest absolute Gasteiger partial charge is 0.227 e. The van der Waals surface area contributed by atoms with E-state index >= 15 is 0 Å². The quantitative estimate of drug-likeness (QED) is 0.566. The zero-order chi connectivity index (χ0) is 23.7. The van der Waals surface area contributed by atoms with Crippen molar-refractivity contribution < 1.29 is 27.2 Å². The predicted molar refractivity (Wildman–Crippen MR) is 117 cm³/mol. The summed E-state index contributed by atoms with van der Waals surface area (Å²) < 4.78 is 55.8. The van der Waals surface area contributed by atoms with Gasteiger partial charge in [-0.25, -0.2) is 17.6 Å². The fourth-order valence-corrected chi connectivity index (χ4v) is 4.82. The summed E-state index contributed by atoms with van der Waals surface area (Å²) >= 11 is 0. The summed E-state index contributed by atoms with van der Waals surface area (Å²) in [5.74, 6) is -3.53. The van der Waals surface area contributed by atoms with Crippen LogP contribution >= 0.6 is 0 Å². The number of hydrogen-bond donors (Lipinski definition) is 0. The summed E-state index contributed by atoms with van der Waals surface area (Å²) in [6.07, 6.45) is 2.88. The van der Waals surface area contributed by atoms with E-state index < -0.39 is 23.3 Å². The van der Waals surface area contributed by atoms with Gasteiger partial charge in [0, 0.05) is 38.1 Å². The fourth-order valence-electron chi connectivity index (χ4n) is 4.82. The number of amides is 2. The van der Waals surface area contributed by atoms with Gasteiger partial charge in [-0.1, -0.05) is 6.92 Å². The minimum absolute atomic E-state index is 0.111. The van der Waals surface area contributed by atoms with Crippen LogP contribution < -0.4 is 9.80 Å². The van der Waals surface area contributed by atoms with Gasteiger partial charge in [0.05, 0.1) is 11.4 Å². The van der Waals surface area contributed by atoms with Gasteiger partial charge in [0.25, 0.3) is 0 Å². The molecule has 0 N–H and O–H groups in total. The number of benzene rings is 2. The van der Waals surface area contributed by atoms with Crippen molar-refractivity contribution >= 4 is 23.2 Å². The summed E-state index contributed by atoms with van der Waals surface area (Å²) in [6, 6.07) is 4.10. The van der Waals surface area contributed by atoms with Crippen molar-refractivity contribution in [1.29, 1.82) is 0 Å². The summed E-state index contributed by atoms with van der Waals surface area (Å²) in [5, 5.41) is 0. The van der Waals surface area contributed by atoms with Crippen molar-refractivity contribution in [2.24, 2.45) is 5.92 Å². The van der Waals surface area contributed by atoms with Crippen LogP contribution in [0.15, 0.2) is 24.3 Å². The van der Waals surface area contributed by atoms with Crippen molar-refractivity contribution in [2.75, 3.05) is 22.9 Å². The first-order valence-corrected chi connectivity index (χ1v) is 11.3. The van der Waals surface area contributed by atoms with Crippen LogP contribution in [0.1, 0.15) is 50.2 Å². The van der Waals surface area contributed by atoms with Crippen LogP contribution in [0.25, 0.3) is 0 Å². The highest BCUT2D eigenvalue weighted by Crippen LogP contribution is 2.33. The maximum Gasteiger partial charge on any atom is 0.227 e. The molecule has 0 bridgehead atoms. The molecule has 33 heavy (non-hydrogen) atoms. The van der Waals surface area contributed by atoms with E-state index in [1.807, 2.05) is 6.92 Å². The zero-order valence-corrected chi connectivity index (χ0v) is 18.5. The van der Waals surface area contributed by atoms with Crippen LogP contribution in [-0.2, 0) is 22.4 Å². The molecule has 2 aromatic carbocycles. The second-order valence-electron chi connectivity index (χ2n) is 8.94. The standard InChI is InChI=1S/C25H26F4N2O2/c1-15(10-23(33)31-9-3-5-17-12-19(27)14-21(29)25(17)31)6-7-22(32)30-8-2-4-16-11-18(26)13-20(28)24(16)30/h11-15H,2-10H2,1H3. The molecular weight excluding hydrogens is 436 g/mol. The van der Waals surface area contributed by atoms with Crippen molar-refractivity contribution in [3.05, 3.63) is 58.7 Å². The minimum Gasteiger partial charge on any atom is -0.309 e. The second kappa shape index (κ2) is 9.53. The summed E-state index contributed by atoms with van der Waals surface area (Å²) in [7, 11) is 0. The Morgan fingerprint density at radius 3 is 1.82 bits per heavy atom. The molecule has 0 saturated carbocycles. The Morgan fingerprint density at radius 2 is 1.30 bits per heavy atom. The lowest BCUT2D eigenvalue weighted by atomic mass is 9.96. The molecule has 0 spiro atoms. The molecular formula is C25H26F4N2O2. The van der Waals surface area contributed by atoms with E-state index in [1.54, 1.807) is 0 Å². The topological polar surface area (TPSA) is 40.6 Å². The Bertz CT molecular complexity index is 1090. The van der Waals surface area contributed by atoms with Gasteiger partial charge in [0.1, 0.15) is 23.3 Å². The van der Waals surface area contributed by atoms with Gasteiger partial charge in [-0.15, -0.1) is 0 Å². The molecule has 2 aliphatic rings. The Kier molecular flexibility index (Phi) is 6.72. The van der Waals surface area contributed by atoms with Crippen molar-refractivity contribution in [2.45, 2.75) is 51.9 Å². The summed E-state index contributed by atoms with van der Waals surface area (Å²) in [5.41, 5.74) is 1.25. The molecule has 0 aromatic heterocycles. The third-order valence-electron chi connectivity index (χ3n) is 6.39. The summed E-state index contributed by atoms with van der Waals surface area (Å²) in [4.78, 5) is 28.4. The van der Waals surface area contributed by atoms with Gasteiger partial charge in [0.2, 0.25) is 11.8 Å². The second-order valence-corrected chi connectivity index (χ2v) is 8.94. The van der Waals surface area contributed by atoms with E-state index in [1.165, 1.54) is 21.9 Å². The lowest BCUT2D eigenvalue weighted by molar-refractivity contribution is -0.121. The number of fused-ring (bicyclic) bond motifs is 2. The molecule has 2 aromatic rings. The largest absolute Gasteiger partial charge is 0.309 e. The molecule has 176 valence electrons. The summed E-state index contributed by atoms with van der Waals surface area (Å²) in [6.45, 7) is 2.56. The van der Waals surface area contributed by atoms with Gasteiger partial charge in [0.15, 0.2) is 0 Å². The molecule has 1 atom stereocenters. The zero-order valence-electron chi connectivity index (χ0n) is 18.5. The van der Waals surface area contributed by atoms with Crippen LogP contribution in [-0.4, -0.2) is 24.9 Å². The van der Waals surface area contributed by atoms with Crippen LogP contribution in [0.3, 0.4) is 0 Å². The Balaban J connectivity index is 1.38. The van der Waals surface area contributed by atoms with Gasteiger partial charge in [-0.2, -0.15) is 0 Å². The SMILES string of the molecule is CC(CCC(=O)N1CCCc2cc(F)cc(F)c21)CC(=O)N1CCCc2cc(F)cc(F)c21. The minimum atomic E-state index is -0.747. The third-order valence-corrected chi connectivity index (χ3v) is 6.39. The van der Waals surface area contributed by atoms with E-state index in [-0.39, 0.29) is 41.9 Å². The highest BCUT2D eigenvalue weighted by Gasteiger charge is 2.29. The lowest BCUT2D eigenvalue weighted by Gasteiger charge is -2.31. The fraction of sp³-hybridized carbons (Fsp3) is 0.440. The van der Waals surface area contributed by atoms with E-state index in [4.69, 9.17) is 0 Å². The molecule has 0 fully saturated rings. The first-order valence-electron chi connectivity index (χ1n) is 11.3. The van der Waals surface area contributed by atoms with Crippen LogP contribution in [0.4, 0.5) is 28.9 Å². The third kappa shape index (κ3) is 4.89. The number of nitrogens with zero attached hydrogens (tertiary/aromatic N) is 2. The van der Waals surface area contributed by atoms with Crippen LogP contribution in [0.2, 0.25) is 0 Å². The molecule has 0 saturated heterocycles. The maximum absolute atomic E-state index is 14.4. The normalized spacial score (nSPS) is 16.3. The molecule has 2 amide bonds. The molecule has 8 heteroatoms. The Hall–Kier alpha value is -2.90. The van der Waals surface area contributed by atoms with Gasteiger partial charge < -0.3 is 9.80 Å². The Labute approximate surface area is 190 Å². The number of hydrogen-bond acceptors (Lipinski definition) is 2. The van der Waals surface area contributed by atoms with Crippen molar-refractivity contribution in [3.63, 3.8) is 0 Å². The molecule has 2 heterocycles. The first-order chi connectivity index (χ1) is 15.7. The van der Waals surface area contributed by atoms with E-state index in [0.29, 0.717) is 56.3 Å². The highest BCUT2D eigenvalue weighted by atomic mass is 19.1. The number of rotatable bonds is 5. The van der Waals surface area contributed by atoms with Gasteiger partial charge in [-0.3, -0.25) is 9.59 Å². The first kappa shape index (κ1) is 23.3. The maximum atomic E-state index is 14.4. The van der Waals surface area contributed by atoms with Crippen LogP contribution in [0.5, 0.6) is 0 Å². The average molecular weight is 462 g/mol. The van der Waals surface area contributed by atoms with Crippen LogP contribution in [0, 0.1) is 29.2 Å². The molecule has 0 aliphatic carbocycles. The monoisotopic (exact) mass is 462 g/mol. The molecule has 4 rings (SSSR count). The number of anilines is 2. The molecule has 0 radical (unpaired) electrons. The van der Waals surface area contributed by atoms with E-state index in [2.05, 4.69) is 0 Å².